The highest BCUT2D eigenvalue weighted by atomic mass is 32.2. The molecule has 2 radical (unpaired) electrons. The summed E-state index contributed by atoms with van der Waals surface area (Å²) in [6.45, 7) is 6.09. The fourth-order valence-electron chi connectivity index (χ4n) is 2.15. The van der Waals surface area contributed by atoms with Gasteiger partial charge < -0.3 is 0 Å². The summed E-state index contributed by atoms with van der Waals surface area (Å²) >= 11 is 0. The lowest BCUT2D eigenvalue weighted by Crippen LogP contribution is -2.33. The van der Waals surface area contributed by atoms with Gasteiger partial charge in [-0.25, -0.2) is 0 Å². The molecule has 3 nitrogen and oxygen atoms in total. The van der Waals surface area contributed by atoms with E-state index in [2.05, 4.69) is 0 Å². The molecule has 0 unspecified atom stereocenters. The Hall–Kier alpha value is -1.43. The van der Waals surface area contributed by atoms with E-state index in [-0.39, 0.29) is 14.4 Å². The van der Waals surface area contributed by atoms with Crippen molar-refractivity contribution in [3.05, 3.63) is 53.1 Å². The van der Waals surface area contributed by atoms with Crippen molar-refractivity contribution in [1.29, 1.82) is 0 Å². The summed E-state index contributed by atoms with van der Waals surface area (Å²) in [4.78, 5) is 0.0129. The van der Waals surface area contributed by atoms with Crippen molar-refractivity contribution >= 4 is 30.0 Å². The normalized spacial score (nSPS) is 11.6. The lowest BCUT2D eigenvalue weighted by atomic mass is 10.1. The lowest BCUT2D eigenvalue weighted by molar-refractivity contribution is 0.484. The molecule has 2 rings (SSSR count). The zero-order valence-corrected chi connectivity index (χ0v) is 14.2. The third-order valence-electron chi connectivity index (χ3n) is 3.60. The van der Waals surface area contributed by atoms with E-state index in [9.17, 15) is 13.0 Å². The van der Waals surface area contributed by atoms with Gasteiger partial charge in [0.05, 0.1) is 4.90 Å². The van der Waals surface area contributed by atoms with Gasteiger partial charge in [0.1, 0.15) is 9.52 Å². The highest BCUT2D eigenvalue weighted by molar-refractivity contribution is 7.86. The van der Waals surface area contributed by atoms with Gasteiger partial charge in [-0.3, -0.25) is 4.55 Å². The molecule has 0 heterocycles. The molecule has 0 bridgehead atoms. The minimum Gasteiger partial charge on any atom is -0.282 e. The first-order valence-electron chi connectivity index (χ1n) is 6.76. The van der Waals surface area contributed by atoms with E-state index in [0.29, 0.717) is 5.19 Å². The highest BCUT2D eigenvalue weighted by Gasteiger charge is 2.17. The fourth-order valence-corrected chi connectivity index (χ4v) is 4.59. The van der Waals surface area contributed by atoms with Crippen molar-refractivity contribution in [1.82, 2.24) is 0 Å². The molecule has 0 saturated carbocycles. The minimum absolute atomic E-state index is 0.0129. The van der Waals surface area contributed by atoms with Crippen LogP contribution >= 0.6 is 0 Å². The van der Waals surface area contributed by atoms with Crippen molar-refractivity contribution in [3.8, 4) is 0 Å². The molecule has 1 N–H and O–H groups in total. The zero-order valence-electron chi connectivity index (χ0n) is 12.3. The van der Waals surface area contributed by atoms with Crippen LogP contribution in [0.4, 0.5) is 0 Å². The van der Waals surface area contributed by atoms with Crippen molar-refractivity contribution in [3.63, 3.8) is 0 Å². The Bertz CT molecular complexity index is 767. The monoisotopic (exact) mass is 318 g/mol. The van der Waals surface area contributed by atoms with E-state index in [1.165, 1.54) is 17.2 Å². The van der Waals surface area contributed by atoms with Crippen LogP contribution in [0.25, 0.3) is 0 Å². The molecule has 0 amide bonds. The Morgan fingerprint density at radius 3 is 2.43 bits per heavy atom. The second kappa shape index (κ2) is 6.13. The summed E-state index contributed by atoms with van der Waals surface area (Å²) in [6.07, 6.45) is 0.829. The van der Waals surface area contributed by atoms with E-state index in [1.54, 1.807) is 6.07 Å². The Morgan fingerprint density at radius 2 is 1.81 bits per heavy atom. The van der Waals surface area contributed by atoms with Gasteiger partial charge in [0.25, 0.3) is 10.1 Å². The quantitative estimate of drug-likeness (QED) is 0.690. The van der Waals surface area contributed by atoms with Crippen LogP contribution in [0.15, 0.2) is 41.3 Å². The largest absolute Gasteiger partial charge is 0.294 e. The first-order chi connectivity index (χ1) is 9.82. The van der Waals surface area contributed by atoms with Crippen molar-refractivity contribution in [2.24, 2.45) is 0 Å². The van der Waals surface area contributed by atoms with Crippen molar-refractivity contribution in [2.45, 2.75) is 32.1 Å². The number of benzene rings is 2. The maximum Gasteiger partial charge on any atom is 0.294 e. The predicted octanol–water partition coefficient (Wildman–Crippen LogP) is 1.77. The van der Waals surface area contributed by atoms with E-state index in [4.69, 9.17) is 0 Å². The van der Waals surface area contributed by atoms with Gasteiger partial charge in [0, 0.05) is 0 Å². The minimum atomic E-state index is -4.19. The molecular weight excluding hydrogens is 300 g/mol. The first-order valence-corrected chi connectivity index (χ1v) is 9.20. The molecule has 5 heteroatoms. The van der Waals surface area contributed by atoms with Crippen LogP contribution in [0.2, 0.25) is 0 Å². The van der Waals surface area contributed by atoms with Crippen molar-refractivity contribution < 1.29 is 13.0 Å². The van der Waals surface area contributed by atoms with E-state index >= 15 is 0 Å². The van der Waals surface area contributed by atoms with E-state index < -0.39 is 10.1 Å². The molecule has 0 aliphatic heterocycles. The van der Waals surface area contributed by atoms with E-state index in [1.807, 2.05) is 45.0 Å². The molecule has 0 aromatic heterocycles. The standard InChI is InChI=1S/C16H18O3SSi/c1-4-13-8-9-14(20(17,18)19)16(10-13)21-15-7-5-6-11(2)12(15)3/h5-10H,4H2,1-3H3,(H,17,18,19). The molecule has 2 aromatic carbocycles. The molecule has 0 aliphatic rings. The topological polar surface area (TPSA) is 54.4 Å². The summed E-state index contributed by atoms with van der Waals surface area (Å²) in [5.74, 6) is 0. The van der Waals surface area contributed by atoms with Gasteiger partial charge in [-0.15, -0.1) is 0 Å². The molecule has 2 aromatic rings. The molecule has 0 saturated heterocycles. The molecule has 0 atom stereocenters. The number of hydrogen-bond donors (Lipinski definition) is 1. The third-order valence-corrected chi connectivity index (χ3v) is 6.19. The van der Waals surface area contributed by atoms with Crippen LogP contribution in [0.1, 0.15) is 23.6 Å². The predicted molar refractivity (Wildman–Crippen MR) is 86.6 cm³/mol. The number of hydrogen-bond acceptors (Lipinski definition) is 2. The van der Waals surface area contributed by atoms with Gasteiger partial charge in [0.2, 0.25) is 0 Å². The molecule has 110 valence electrons. The molecular formula is C16H18O3SSi. The summed E-state index contributed by atoms with van der Waals surface area (Å²) in [6, 6.07) is 11.1. The van der Waals surface area contributed by atoms with Crippen molar-refractivity contribution in [2.75, 3.05) is 0 Å². The van der Waals surface area contributed by atoms with Gasteiger partial charge >= 0.3 is 0 Å². The molecule has 0 spiro atoms. The van der Waals surface area contributed by atoms with Crippen LogP contribution in [-0.2, 0) is 16.5 Å². The Morgan fingerprint density at radius 1 is 1.10 bits per heavy atom. The Balaban J connectivity index is 2.54. The average molecular weight is 318 g/mol. The third kappa shape index (κ3) is 3.61. The van der Waals surface area contributed by atoms with Gasteiger partial charge in [-0.2, -0.15) is 8.42 Å². The van der Waals surface area contributed by atoms with Crippen LogP contribution in [0.5, 0.6) is 0 Å². The molecule has 0 fully saturated rings. The summed E-state index contributed by atoms with van der Waals surface area (Å²) in [5, 5.41) is 1.78. The van der Waals surface area contributed by atoms with Crippen LogP contribution in [0.3, 0.4) is 0 Å². The summed E-state index contributed by atoms with van der Waals surface area (Å²) in [5.41, 5.74) is 3.41. The van der Waals surface area contributed by atoms with Gasteiger partial charge in [-0.1, -0.05) is 42.4 Å². The zero-order chi connectivity index (χ0) is 15.6. The lowest BCUT2D eigenvalue weighted by Gasteiger charge is -2.11. The Kier molecular flexibility index (Phi) is 4.66. The Labute approximate surface area is 128 Å². The van der Waals surface area contributed by atoms with Gasteiger partial charge in [-0.05, 0) is 48.2 Å². The number of aryl methyl sites for hydroxylation is 2. The summed E-state index contributed by atoms with van der Waals surface area (Å²) < 4.78 is 32.5. The first kappa shape index (κ1) is 15.9. The molecule has 21 heavy (non-hydrogen) atoms. The second-order valence-corrected chi connectivity index (χ2v) is 7.75. The van der Waals surface area contributed by atoms with E-state index in [0.717, 1.165) is 17.2 Å². The van der Waals surface area contributed by atoms with Crippen LogP contribution < -0.4 is 10.4 Å². The highest BCUT2D eigenvalue weighted by Crippen LogP contribution is 2.09. The summed E-state index contributed by atoms with van der Waals surface area (Å²) in [7, 11) is -3.99. The van der Waals surface area contributed by atoms with Gasteiger partial charge in [0.15, 0.2) is 0 Å². The average Bonchev–Trinajstić information content (AvgIpc) is 2.42. The van der Waals surface area contributed by atoms with Crippen LogP contribution in [-0.4, -0.2) is 22.5 Å². The fraction of sp³-hybridized carbons (Fsp3) is 0.250. The maximum atomic E-state index is 11.6. The smallest absolute Gasteiger partial charge is 0.282 e. The van der Waals surface area contributed by atoms with Crippen LogP contribution in [0, 0.1) is 13.8 Å². The maximum absolute atomic E-state index is 11.6. The SMILES string of the molecule is CCc1ccc(S(=O)(=O)O)c([Si]c2cccc(C)c2C)c1. The second-order valence-electron chi connectivity index (χ2n) is 5.03. The number of rotatable bonds is 4. The molecule has 0 aliphatic carbocycles.